The lowest BCUT2D eigenvalue weighted by atomic mass is 10.1. The molecule has 0 atom stereocenters. The average molecular weight is 356 g/mol. The van der Waals surface area contributed by atoms with Crippen molar-refractivity contribution >= 4 is 22.6 Å². The molecule has 0 radical (unpaired) electrons. The summed E-state index contributed by atoms with van der Waals surface area (Å²) in [5, 5.41) is 9.46. The summed E-state index contributed by atoms with van der Waals surface area (Å²) in [5.41, 5.74) is 2.94. The van der Waals surface area contributed by atoms with Crippen LogP contribution >= 0.6 is 22.6 Å². The summed E-state index contributed by atoms with van der Waals surface area (Å²) < 4.78 is 3.15. The minimum absolute atomic E-state index is 0.0145. The number of aromatic nitrogens is 2. The van der Waals surface area contributed by atoms with Crippen LogP contribution < -0.4 is 0 Å². The number of aliphatic hydroxyl groups excluding tert-OH is 1. The van der Waals surface area contributed by atoms with Crippen molar-refractivity contribution in [2.75, 3.05) is 0 Å². The van der Waals surface area contributed by atoms with Gasteiger partial charge >= 0.3 is 0 Å². The second-order valence-electron chi connectivity index (χ2n) is 4.21. The summed E-state index contributed by atoms with van der Waals surface area (Å²) in [5.74, 6) is 0. The summed E-state index contributed by atoms with van der Waals surface area (Å²) in [6, 6.07) is 10.2. The van der Waals surface area contributed by atoms with Crippen LogP contribution in [0.15, 0.2) is 30.3 Å². The third-order valence-corrected chi connectivity index (χ3v) is 3.75. The fraction of sp³-hybridized carbons (Fsp3) is 0.357. The van der Waals surface area contributed by atoms with Gasteiger partial charge in [0.05, 0.1) is 18.0 Å². The zero-order valence-electron chi connectivity index (χ0n) is 10.4. The molecule has 0 spiro atoms. The van der Waals surface area contributed by atoms with E-state index in [1.807, 2.05) is 18.2 Å². The summed E-state index contributed by atoms with van der Waals surface area (Å²) in [7, 11) is 0. The molecule has 1 aromatic heterocycles. The van der Waals surface area contributed by atoms with Crippen molar-refractivity contribution < 1.29 is 5.11 Å². The Labute approximate surface area is 121 Å². The predicted molar refractivity (Wildman–Crippen MR) is 81.2 cm³/mol. The largest absolute Gasteiger partial charge is 0.390 e. The first kappa shape index (κ1) is 13.5. The molecule has 0 saturated heterocycles. The highest BCUT2D eigenvalue weighted by atomic mass is 127. The van der Waals surface area contributed by atoms with Gasteiger partial charge in [-0.25, -0.2) is 4.98 Å². The standard InChI is InChI=1S/C14H17IN2O/c1-2-3-9-17-13(11-7-5-4-6-8-11)12(10-18)16-14(17)15/h4-8,18H,2-3,9-10H2,1H3. The van der Waals surface area contributed by atoms with E-state index in [1.54, 1.807) is 0 Å². The van der Waals surface area contributed by atoms with Crippen molar-refractivity contribution in [1.82, 2.24) is 9.55 Å². The average Bonchev–Trinajstić information content (AvgIpc) is 2.73. The molecule has 18 heavy (non-hydrogen) atoms. The van der Waals surface area contributed by atoms with E-state index in [2.05, 4.69) is 51.2 Å². The first-order chi connectivity index (χ1) is 8.77. The number of rotatable bonds is 5. The van der Waals surface area contributed by atoms with Gasteiger partial charge in [-0.3, -0.25) is 0 Å². The van der Waals surface area contributed by atoms with Gasteiger partial charge in [0, 0.05) is 12.1 Å². The maximum absolute atomic E-state index is 9.46. The smallest absolute Gasteiger partial charge is 0.172 e. The molecular formula is C14H17IN2O. The lowest BCUT2D eigenvalue weighted by Gasteiger charge is -2.10. The molecule has 0 unspecified atom stereocenters. The van der Waals surface area contributed by atoms with E-state index < -0.39 is 0 Å². The van der Waals surface area contributed by atoms with E-state index in [9.17, 15) is 5.11 Å². The molecule has 2 rings (SSSR count). The van der Waals surface area contributed by atoms with Gasteiger partial charge in [0.15, 0.2) is 3.83 Å². The SMILES string of the molecule is CCCCn1c(I)nc(CO)c1-c1ccccc1. The quantitative estimate of drug-likeness (QED) is 0.834. The topological polar surface area (TPSA) is 38.0 Å². The van der Waals surface area contributed by atoms with Crippen molar-refractivity contribution in [1.29, 1.82) is 0 Å². The Hall–Kier alpha value is -0.880. The van der Waals surface area contributed by atoms with Crippen LogP contribution in [-0.4, -0.2) is 14.7 Å². The first-order valence-corrected chi connectivity index (χ1v) is 7.27. The molecule has 96 valence electrons. The van der Waals surface area contributed by atoms with Crippen molar-refractivity contribution in [2.45, 2.75) is 32.9 Å². The van der Waals surface area contributed by atoms with Gasteiger partial charge in [-0.15, -0.1) is 0 Å². The molecule has 1 heterocycles. The van der Waals surface area contributed by atoms with Crippen molar-refractivity contribution in [3.05, 3.63) is 39.9 Å². The maximum Gasteiger partial charge on any atom is 0.172 e. The Morgan fingerprint density at radius 2 is 2.00 bits per heavy atom. The van der Waals surface area contributed by atoms with Crippen LogP contribution in [0.4, 0.5) is 0 Å². The number of benzene rings is 1. The van der Waals surface area contributed by atoms with Crippen LogP contribution in [0.3, 0.4) is 0 Å². The van der Waals surface area contributed by atoms with E-state index in [0.717, 1.165) is 40.2 Å². The Balaban J connectivity index is 2.49. The Morgan fingerprint density at radius 1 is 1.28 bits per heavy atom. The third kappa shape index (κ3) is 2.75. The van der Waals surface area contributed by atoms with Crippen molar-refractivity contribution in [3.8, 4) is 11.3 Å². The zero-order valence-corrected chi connectivity index (χ0v) is 12.6. The van der Waals surface area contributed by atoms with Gasteiger partial charge in [-0.2, -0.15) is 0 Å². The molecule has 0 aliphatic heterocycles. The minimum atomic E-state index is -0.0145. The van der Waals surface area contributed by atoms with Gasteiger partial charge in [0.2, 0.25) is 0 Å². The fourth-order valence-electron chi connectivity index (χ4n) is 2.02. The highest BCUT2D eigenvalue weighted by Crippen LogP contribution is 2.26. The number of hydrogen-bond donors (Lipinski definition) is 1. The molecular weight excluding hydrogens is 339 g/mol. The van der Waals surface area contributed by atoms with Crippen LogP contribution in [0, 0.1) is 3.83 Å². The molecule has 0 saturated carbocycles. The summed E-state index contributed by atoms with van der Waals surface area (Å²) in [6.45, 7) is 3.12. The fourth-order valence-corrected chi connectivity index (χ4v) is 2.80. The Bertz CT molecular complexity index is 508. The summed E-state index contributed by atoms with van der Waals surface area (Å²) in [6.07, 6.45) is 2.27. The van der Waals surface area contributed by atoms with Crippen LogP contribution in [-0.2, 0) is 13.2 Å². The Kier molecular flexibility index (Phi) is 4.77. The van der Waals surface area contributed by atoms with Gasteiger partial charge in [-0.1, -0.05) is 43.7 Å². The molecule has 0 amide bonds. The molecule has 0 bridgehead atoms. The second-order valence-corrected chi connectivity index (χ2v) is 5.17. The van der Waals surface area contributed by atoms with Crippen molar-refractivity contribution in [2.24, 2.45) is 0 Å². The lowest BCUT2D eigenvalue weighted by molar-refractivity contribution is 0.278. The maximum atomic E-state index is 9.46. The Morgan fingerprint density at radius 3 is 2.61 bits per heavy atom. The van der Waals surface area contributed by atoms with Gasteiger partial charge in [0.25, 0.3) is 0 Å². The number of nitrogens with zero attached hydrogens (tertiary/aromatic N) is 2. The first-order valence-electron chi connectivity index (χ1n) is 6.19. The van der Waals surface area contributed by atoms with E-state index in [1.165, 1.54) is 0 Å². The molecule has 1 aromatic carbocycles. The van der Waals surface area contributed by atoms with E-state index >= 15 is 0 Å². The number of halogens is 1. The highest BCUT2D eigenvalue weighted by Gasteiger charge is 2.15. The molecule has 3 nitrogen and oxygen atoms in total. The molecule has 0 fully saturated rings. The predicted octanol–water partition coefficient (Wildman–Crippen LogP) is 3.45. The van der Waals surface area contributed by atoms with E-state index in [4.69, 9.17) is 0 Å². The zero-order chi connectivity index (χ0) is 13.0. The van der Waals surface area contributed by atoms with Gasteiger partial charge < -0.3 is 9.67 Å². The molecule has 2 aromatic rings. The van der Waals surface area contributed by atoms with Crippen LogP contribution in [0.5, 0.6) is 0 Å². The second kappa shape index (κ2) is 6.33. The van der Waals surface area contributed by atoms with Gasteiger partial charge in [-0.05, 0) is 29.0 Å². The number of aliphatic hydroxyl groups is 1. The molecule has 1 N–H and O–H groups in total. The summed E-state index contributed by atoms with van der Waals surface area (Å²) in [4.78, 5) is 4.46. The number of unbranched alkanes of at least 4 members (excludes halogenated alkanes) is 1. The lowest BCUT2D eigenvalue weighted by Crippen LogP contribution is -2.03. The molecule has 0 aliphatic carbocycles. The minimum Gasteiger partial charge on any atom is -0.390 e. The number of hydrogen-bond acceptors (Lipinski definition) is 2. The third-order valence-electron chi connectivity index (χ3n) is 2.93. The highest BCUT2D eigenvalue weighted by molar-refractivity contribution is 14.1. The molecule has 0 aliphatic rings. The van der Waals surface area contributed by atoms with E-state index in [-0.39, 0.29) is 6.61 Å². The number of imidazole rings is 1. The normalized spacial score (nSPS) is 10.8. The molecule has 4 heteroatoms. The van der Waals surface area contributed by atoms with Crippen LogP contribution in [0.25, 0.3) is 11.3 Å². The van der Waals surface area contributed by atoms with Crippen LogP contribution in [0.2, 0.25) is 0 Å². The van der Waals surface area contributed by atoms with Crippen molar-refractivity contribution in [3.63, 3.8) is 0 Å². The summed E-state index contributed by atoms with van der Waals surface area (Å²) >= 11 is 2.24. The van der Waals surface area contributed by atoms with Gasteiger partial charge in [0.1, 0.15) is 0 Å². The van der Waals surface area contributed by atoms with Crippen LogP contribution in [0.1, 0.15) is 25.5 Å². The monoisotopic (exact) mass is 356 g/mol. The van der Waals surface area contributed by atoms with E-state index in [0.29, 0.717) is 0 Å².